The third-order valence-corrected chi connectivity index (χ3v) is 4.91. The molecule has 2 heterocycles. The smallest absolute Gasteiger partial charge is 0.201 e. The van der Waals surface area contributed by atoms with E-state index in [0.717, 1.165) is 22.1 Å². The van der Waals surface area contributed by atoms with Crippen molar-refractivity contribution in [3.63, 3.8) is 0 Å². The third-order valence-electron chi connectivity index (χ3n) is 4.91. The Morgan fingerprint density at radius 1 is 1.07 bits per heavy atom. The zero-order valence-electron chi connectivity index (χ0n) is 15.1. The highest BCUT2D eigenvalue weighted by Gasteiger charge is 2.21. The molecule has 0 unspecified atom stereocenters. The van der Waals surface area contributed by atoms with Crippen LogP contribution in [0.5, 0.6) is 5.75 Å². The average Bonchev–Trinajstić information content (AvgIpc) is 3.05. The molecule has 0 fully saturated rings. The molecule has 7 nitrogen and oxygen atoms in total. The van der Waals surface area contributed by atoms with Gasteiger partial charge >= 0.3 is 0 Å². The van der Waals surface area contributed by atoms with E-state index >= 15 is 0 Å². The molecule has 0 saturated carbocycles. The summed E-state index contributed by atoms with van der Waals surface area (Å²) < 4.78 is 7.25. The van der Waals surface area contributed by atoms with Gasteiger partial charge in [0.25, 0.3) is 0 Å². The largest absolute Gasteiger partial charge is 0.496 e. The van der Waals surface area contributed by atoms with Crippen LogP contribution in [-0.4, -0.2) is 58.1 Å². The van der Waals surface area contributed by atoms with Crippen molar-refractivity contribution in [1.82, 2.24) is 14.5 Å². The minimum Gasteiger partial charge on any atom is -0.496 e. The first-order valence-electron chi connectivity index (χ1n) is 8.86. The molecule has 0 aliphatic rings. The van der Waals surface area contributed by atoms with Crippen molar-refractivity contribution in [3.8, 4) is 5.75 Å². The second-order valence-corrected chi connectivity index (χ2v) is 6.47. The number of hydrogen-bond donors (Lipinski definition) is 2. The molecule has 2 aromatic heterocycles. The summed E-state index contributed by atoms with van der Waals surface area (Å²) >= 11 is 0. The minimum absolute atomic E-state index is 0.000959. The number of nitrogens with zero attached hydrogens (tertiary/aromatic N) is 3. The molecule has 0 bridgehead atoms. The monoisotopic (exact) mass is 367 g/mol. The van der Waals surface area contributed by atoms with Gasteiger partial charge in [0.2, 0.25) is 5.43 Å². The number of fused-ring (bicyclic) bond motifs is 2. The summed E-state index contributed by atoms with van der Waals surface area (Å²) in [4.78, 5) is 15.0. The Bertz CT molecular complexity index is 1150. The number of pyridine rings is 1. The van der Waals surface area contributed by atoms with E-state index in [1.54, 1.807) is 23.8 Å². The van der Waals surface area contributed by atoms with Crippen LogP contribution in [0.1, 0.15) is 5.69 Å². The maximum absolute atomic E-state index is 13.1. The van der Waals surface area contributed by atoms with Crippen molar-refractivity contribution in [1.29, 1.82) is 0 Å². The Balaban J connectivity index is 2.03. The minimum atomic E-state index is -0.0745. The molecule has 4 rings (SSSR count). The van der Waals surface area contributed by atoms with Gasteiger partial charge in [-0.3, -0.25) is 9.69 Å². The van der Waals surface area contributed by atoms with Crippen LogP contribution in [0.2, 0.25) is 0 Å². The molecular weight excluding hydrogens is 346 g/mol. The molecule has 0 spiro atoms. The molecule has 0 amide bonds. The normalized spacial score (nSPS) is 12.0. The Morgan fingerprint density at radius 3 is 2.52 bits per heavy atom. The van der Waals surface area contributed by atoms with Gasteiger partial charge in [-0.1, -0.05) is 12.1 Å². The van der Waals surface area contributed by atoms with Crippen molar-refractivity contribution in [3.05, 3.63) is 52.3 Å². The molecule has 27 heavy (non-hydrogen) atoms. The van der Waals surface area contributed by atoms with Crippen molar-refractivity contribution in [2.75, 3.05) is 33.4 Å². The van der Waals surface area contributed by atoms with Crippen molar-refractivity contribution < 1.29 is 14.9 Å². The Kier molecular flexibility index (Phi) is 4.65. The maximum Gasteiger partial charge on any atom is 0.201 e. The first-order valence-corrected chi connectivity index (χ1v) is 8.86. The Morgan fingerprint density at radius 2 is 1.81 bits per heavy atom. The van der Waals surface area contributed by atoms with E-state index in [0.29, 0.717) is 36.2 Å². The number of methoxy groups -OCH3 is 1. The topological polar surface area (TPSA) is 87.3 Å². The highest BCUT2D eigenvalue weighted by molar-refractivity contribution is 6.05. The van der Waals surface area contributed by atoms with Gasteiger partial charge in [-0.15, -0.1) is 0 Å². The standard InChI is InChI=1S/C20H21N3O4/c1-27-17-7-6-13-15(12-22(8-10-24)9-11-25)21-23-16-5-3-2-4-14(16)20(26)18(17)19(13)23/h2-7,24-25H,8-12H2,1H3. The molecule has 0 aliphatic carbocycles. The van der Waals surface area contributed by atoms with Crippen LogP contribution in [0.25, 0.3) is 27.2 Å². The van der Waals surface area contributed by atoms with E-state index in [1.165, 1.54) is 0 Å². The van der Waals surface area contributed by atoms with E-state index in [1.807, 2.05) is 29.2 Å². The summed E-state index contributed by atoms with van der Waals surface area (Å²) in [7, 11) is 1.55. The van der Waals surface area contributed by atoms with Crippen molar-refractivity contribution in [2.45, 2.75) is 6.54 Å². The molecule has 7 heteroatoms. The quantitative estimate of drug-likeness (QED) is 0.478. The van der Waals surface area contributed by atoms with Crippen LogP contribution < -0.4 is 10.2 Å². The molecule has 0 radical (unpaired) electrons. The van der Waals surface area contributed by atoms with Crippen LogP contribution in [0.15, 0.2) is 41.2 Å². The lowest BCUT2D eigenvalue weighted by Crippen LogP contribution is -2.29. The molecule has 4 aromatic rings. The van der Waals surface area contributed by atoms with Crippen LogP contribution in [0.3, 0.4) is 0 Å². The second kappa shape index (κ2) is 7.11. The van der Waals surface area contributed by atoms with Crippen molar-refractivity contribution >= 4 is 27.2 Å². The number of aromatic nitrogens is 2. The lowest BCUT2D eigenvalue weighted by Gasteiger charge is -2.18. The number of aliphatic hydroxyl groups is 2. The zero-order valence-corrected chi connectivity index (χ0v) is 15.1. The SMILES string of the molecule is COc1ccc2c(CN(CCO)CCO)nn3c4ccccc4c(=O)c1c23. The zero-order chi connectivity index (χ0) is 19.0. The number of ether oxygens (including phenoxy) is 1. The van der Waals surface area contributed by atoms with E-state index in [9.17, 15) is 15.0 Å². The van der Waals surface area contributed by atoms with Gasteiger partial charge in [-0.05, 0) is 24.3 Å². The van der Waals surface area contributed by atoms with E-state index < -0.39 is 0 Å². The fourth-order valence-electron chi connectivity index (χ4n) is 3.68. The van der Waals surface area contributed by atoms with Crippen molar-refractivity contribution in [2.24, 2.45) is 0 Å². The lowest BCUT2D eigenvalue weighted by atomic mass is 10.1. The van der Waals surface area contributed by atoms with Gasteiger partial charge in [0.05, 0.1) is 42.4 Å². The maximum atomic E-state index is 13.1. The summed E-state index contributed by atoms with van der Waals surface area (Å²) in [6.07, 6.45) is 0. The van der Waals surface area contributed by atoms with Gasteiger partial charge < -0.3 is 14.9 Å². The summed E-state index contributed by atoms with van der Waals surface area (Å²) in [5.74, 6) is 0.525. The predicted molar refractivity (Wildman–Crippen MR) is 104 cm³/mol. The predicted octanol–water partition coefficient (Wildman–Crippen LogP) is 1.23. The number of rotatable bonds is 7. The van der Waals surface area contributed by atoms with E-state index in [4.69, 9.17) is 9.84 Å². The summed E-state index contributed by atoms with van der Waals surface area (Å²) in [6.45, 7) is 1.34. The second-order valence-electron chi connectivity index (χ2n) is 6.47. The Labute approximate surface area is 155 Å². The van der Waals surface area contributed by atoms with E-state index in [2.05, 4.69) is 0 Å². The lowest BCUT2D eigenvalue weighted by molar-refractivity contribution is 0.155. The molecule has 0 aliphatic heterocycles. The number of hydrogen-bond acceptors (Lipinski definition) is 6. The fourth-order valence-corrected chi connectivity index (χ4v) is 3.68. The first kappa shape index (κ1) is 17.7. The van der Waals surface area contributed by atoms with E-state index in [-0.39, 0.29) is 18.6 Å². The summed E-state index contributed by atoms with van der Waals surface area (Å²) in [5, 5.41) is 25.3. The molecule has 2 aromatic carbocycles. The van der Waals surface area contributed by atoms with Crippen LogP contribution in [-0.2, 0) is 6.54 Å². The van der Waals surface area contributed by atoms with Gasteiger partial charge in [0.15, 0.2) is 0 Å². The molecule has 140 valence electrons. The first-order chi connectivity index (χ1) is 13.2. The van der Waals surface area contributed by atoms with Crippen LogP contribution in [0, 0.1) is 0 Å². The fraction of sp³-hybridized carbons (Fsp3) is 0.300. The Hall–Kier alpha value is -2.74. The number of para-hydroxylation sites is 1. The summed E-state index contributed by atoms with van der Waals surface area (Å²) in [5.41, 5.74) is 2.20. The highest BCUT2D eigenvalue weighted by Crippen LogP contribution is 2.32. The molecule has 2 N–H and O–H groups in total. The third kappa shape index (κ3) is 2.80. The molecule has 0 atom stereocenters. The summed E-state index contributed by atoms with van der Waals surface area (Å²) in [6, 6.07) is 11.1. The van der Waals surface area contributed by atoms with Gasteiger partial charge in [-0.25, -0.2) is 4.52 Å². The molecule has 0 saturated heterocycles. The van der Waals surface area contributed by atoms with Crippen LogP contribution >= 0.6 is 0 Å². The average molecular weight is 367 g/mol. The van der Waals surface area contributed by atoms with Gasteiger partial charge in [0, 0.05) is 30.4 Å². The molecular formula is C20H21N3O4. The number of aliphatic hydroxyl groups excluding tert-OH is 2. The number of benzene rings is 2. The van der Waals surface area contributed by atoms with Gasteiger partial charge in [0.1, 0.15) is 5.75 Å². The van der Waals surface area contributed by atoms with Gasteiger partial charge in [-0.2, -0.15) is 5.10 Å². The van der Waals surface area contributed by atoms with Crippen LogP contribution in [0.4, 0.5) is 0 Å². The highest BCUT2D eigenvalue weighted by atomic mass is 16.5.